The topological polar surface area (TPSA) is 54.9 Å². The first kappa shape index (κ1) is 20.5. The van der Waals surface area contributed by atoms with Gasteiger partial charge in [0.25, 0.3) is 0 Å². The van der Waals surface area contributed by atoms with Crippen molar-refractivity contribution < 1.29 is 9.47 Å². The van der Waals surface area contributed by atoms with Crippen LogP contribution < -0.4 is 20.1 Å². The van der Waals surface area contributed by atoms with Gasteiger partial charge in [0.05, 0.1) is 13.2 Å². The van der Waals surface area contributed by atoms with Crippen molar-refractivity contribution in [3.05, 3.63) is 23.8 Å². The Morgan fingerprint density at radius 1 is 1.17 bits per heavy atom. The highest BCUT2D eigenvalue weighted by molar-refractivity contribution is 7.99. The maximum atomic E-state index is 5.67. The Kier molecular flexibility index (Phi) is 10.2. The fourth-order valence-corrected chi connectivity index (χ4v) is 2.37. The second-order valence-corrected chi connectivity index (χ2v) is 6.60. The average molecular weight is 354 g/mol. The summed E-state index contributed by atoms with van der Waals surface area (Å²) in [5.74, 6) is 2.46. The summed E-state index contributed by atoms with van der Waals surface area (Å²) in [6, 6.07) is 6.13. The lowest BCUT2D eigenvalue weighted by Crippen LogP contribution is -2.40. The highest BCUT2D eigenvalue weighted by atomic mass is 32.2. The smallest absolute Gasteiger partial charge is 0.191 e. The van der Waals surface area contributed by atoms with E-state index < -0.39 is 0 Å². The largest absolute Gasteiger partial charge is 0.490 e. The lowest BCUT2D eigenvalue weighted by Gasteiger charge is -2.15. The molecule has 24 heavy (non-hydrogen) atoms. The first-order valence-electron chi connectivity index (χ1n) is 8.50. The highest BCUT2D eigenvalue weighted by Gasteiger charge is 2.07. The lowest BCUT2D eigenvalue weighted by atomic mass is 10.1. The van der Waals surface area contributed by atoms with Crippen LogP contribution in [0.1, 0.15) is 26.3 Å². The summed E-state index contributed by atoms with van der Waals surface area (Å²) in [4.78, 5) is 4.25. The zero-order chi connectivity index (χ0) is 17.8. The van der Waals surface area contributed by atoms with Crippen LogP contribution >= 0.6 is 11.8 Å². The van der Waals surface area contributed by atoms with Gasteiger partial charge in [0.15, 0.2) is 17.5 Å². The molecule has 0 bridgehead atoms. The fraction of sp³-hybridized carbons (Fsp3) is 0.611. The second-order valence-electron chi connectivity index (χ2n) is 5.32. The number of hydrogen-bond donors (Lipinski definition) is 2. The molecule has 0 fully saturated rings. The zero-order valence-corrected chi connectivity index (χ0v) is 16.3. The van der Waals surface area contributed by atoms with Gasteiger partial charge >= 0.3 is 0 Å². The molecule has 136 valence electrons. The second kappa shape index (κ2) is 11.9. The Morgan fingerprint density at radius 2 is 1.88 bits per heavy atom. The van der Waals surface area contributed by atoms with Crippen molar-refractivity contribution in [2.75, 3.05) is 39.6 Å². The van der Waals surface area contributed by atoms with Gasteiger partial charge in [0, 0.05) is 25.4 Å². The van der Waals surface area contributed by atoms with Crippen molar-refractivity contribution in [1.82, 2.24) is 10.6 Å². The number of benzene rings is 1. The molecule has 0 aliphatic heterocycles. The third kappa shape index (κ3) is 7.34. The Labute approximate surface area is 150 Å². The van der Waals surface area contributed by atoms with Crippen molar-refractivity contribution in [3.63, 3.8) is 0 Å². The van der Waals surface area contributed by atoms with Gasteiger partial charge in [-0.3, -0.25) is 4.99 Å². The predicted octanol–water partition coefficient (Wildman–Crippen LogP) is 2.94. The molecular formula is C18H31N3O2S. The number of aliphatic imine (C=N–C) groups is 1. The van der Waals surface area contributed by atoms with Crippen LogP contribution in [0, 0.1) is 0 Å². The highest BCUT2D eigenvalue weighted by Crippen LogP contribution is 2.28. The molecule has 2 N–H and O–H groups in total. The van der Waals surface area contributed by atoms with Crippen LogP contribution in [-0.2, 0) is 6.42 Å². The summed E-state index contributed by atoms with van der Waals surface area (Å²) in [5.41, 5.74) is 1.21. The van der Waals surface area contributed by atoms with E-state index in [4.69, 9.17) is 9.47 Å². The van der Waals surface area contributed by atoms with E-state index in [1.54, 1.807) is 7.05 Å². The van der Waals surface area contributed by atoms with Gasteiger partial charge in [-0.2, -0.15) is 11.8 Å². The van der Waals surface area contributed by atoms with Crippen molar-refractivity contribution in [1.29, 1.82) is 0 Å². The minimum atomic E-state index is 0.559. The Balaban J connectivity index is 2.52. The van der Waals surface area contributed by atoms with Crippen LogP contribution in [0.25, 0.3) is 0 Å². The monoisotopic (exact) mass is 353 g/mol. The van der Waals surface area contributed by atoms with Crippen LogP contribution in [0.4, 0.5) is 0 Å². The van der Waals surface area contributed by atoms with Crippen molar-refractivity contribution in [2.45, 2.75) is 32.4 Å². The molecule has 0 aliphatic carbocycles. The number of nitrogens with zero attached hydrogens (tertiary/aromatic N) is 1. The molecule has 1 atom stereocenters. The summed E-state index contributed by atoms with van der Waals surface area (Å²) >= 11 is 1.84. The van der Waals surface area contributed by atoms with E-state index >= 15 is 0 Å². The Morgan fingerprint density at radius 3 is 2.50 bits per heavy atom. The molecule has 5 nitrogen and oxygen atoms in total. The van der Waals surface area contributed by atoms with Crippen LogP contribution in [0.15, 0.2) is 23.2 Å². The van der Waals surface area contributed by atoms with Crippen LogP contribution in [0.3, 0.4) is 0 Å². The van der Waals surface area contributed by atoms with E-state index in [-0.39, 0.29) is 0 Å². The maximum Gasteiger partial charge on any atom is 0.191 e. The molecule has 0 aromatic heterocycles. The molecule has 1 unspecified atom stereocenters. The predicted molar refractivity (Wildman–Crippen MR) is 105 cm³/mol. The van der Waals surface area contributed by atoms with E-state index in [0.29, 0.717) is 18.5 Å². The Hall–Kier alpha value is -1.56. The van der Waals surface area contributed by atoms with Gasteiger partial charge in [-0.25, -0.2) is 0 Å². The first-order chi connectivity index (χ1) is 11.6. The number of guanidine groups is 1. The van der Waals surface area contributed by atoms with E-state index in [9.17, 15) is 0 Å². The third-order valence-electron chi connectivity index (χ3n) is 3.50. The number of rotatable bonds is 10. The Bertz CT molecular complexity index is 509. The molecular weight excluding hydrogens is 322 g/mol. The molecule has 0 radical (unpaired) electrons. The molecule has 0 spiro atoms. The SMILES string of the molecule is CCOc1ccc(CCNC(=NC)NCC(C)SC)cc1OCC. The molecule has 6 heteroatoms. The average Bonchev–Trinajstić information content (AvgIpc) is 2.60. The number of hydrogen-bond acceptors (Lipinski definition) is 4. The molecule has 0 aliphatic rings. The van der Waals surface area contributed by atoms with Crippen LogP contribution in [-0.4, -0.2) is 50.8 Å². The lowest BCUT2D eigenvalue weighted by molar-refractivity contribution is 0.287. The minimum Gasteiger partial charge on any atom is -0.490 e. The minimum absolute atomic E-state index is 0.559. The summed E-state index contributed by atoms with van der Waals surface area (Å²) in [7, 11) is 1.79. The molecule has 0 saturated heterocycles. The summed E-state index contributed by atoms with van der Waals surface area (Å²) in [5, 5.41) is 7.24. The number of nitrogens with one attached hydrogen (secondary N) is 2. The molecule has 1 aromatic carbocycles. The zero-order valence-electron chi connectivity index (χ0n) is 15.5. The summed E-state index contributed by atoms with van der Waals surface area (Å²) in [6.45, 7) is 9.13. The molecule has 1 rings (SSSR count). The summed E-state index contributed by atoms with van der Waals surface area (Å²) < 4.78 is 11.3. The third-order valence-corrected chi connectivity index (χ3v) is 4.47. The van der Waals surface area contributed by atoms with E-state index in [1.165, 1.54) is 5.56 Å². The maximum absolute atomic E-state index is 5.67. The van der Waals surface area contributed by atoms with Gasteiger partial charge in [0.1, 0.15) is 0 Å². The molecule has 1 aromatic rings. The van der Waals surface area contributed by atoms with Crippen molar-refractivity contribution >= 4 is 17.7 Å². The van der Waals surface area contributed by atoms with Crippen molar-refractivity contribution in [2.24, 2.45) is 4.99 Å². The van der Waals surface area contributed by atoms with Gasteiger partial charge in [-0.05, 0) is 44.2 Å². The van der Waals surface area contributed by atoms with Crippen LogP contribution in [0.2, 0.25) is 0 Å². The van der Waals surface area contributed by atoms with Crippen LogP contribution in [0.5, 0.6) is 11.5 Å². The number of thioether (sulfide) groups is 1. The van der Waals surface area contributed by atoms with E-state index in [2.05, 4.69) is 40.9 Å². The van der Waals surface area contributed by atoms with Gasteiger partial charge in [0.2, 0.25) is 0 Å². The quantitative estimate of drug-likeness (QED) is 0.500. The van der Waals surface area contributed by atoms with Gasteiger partial charge in [-0.15, -0.1) is 0 Å². The van der Waals surface area contributed by atoms with E-state index in [1.807, 2.05) is 31.7 Å². The van der Waals surface area contributed by atoms with E-state index in [0.717, 1.165) is 37.0 Å². The first-order valence-corrected chi connectivity index (χ1v) is 9.79. The molecule has 0 amide bonds. The number of ether oxygens (including phenoxy) is 2. The molecule has 0 saturated carbocycles. The molecule has 0 heterocycles. The standard InChI is InChI=1S/C18H31N3O2S/c1-6-22-16-9-8-15(12-17(16)23-7-2)10-11-20-18(19-4)21-13-14(3)24-5/h8-9,12,14H,6-7,10-11,13H2,1-5H3,(H2,19,20,21). The summed E-state index contributed by atoms with van der Waals surface area (Å²) in [6.07, 6.45) is 3.01. The normalized spacial score (nSPS) is 12.6. The fourth-order valence-electron chi connectivity index (χ4n) is 2.12. The van der Waals surface area contributed by atoms with Gasteiger partial charge < -0.3 is 20.1 Å². The van der Waals surface area contributed by atoms with Gasteiger partial charge in [-0.1, -0.05) is 13.0 Å². The van der Waals surface area contributed by atoms with Crippen molar-refractivity contribution in [3.8, 4) is 11.5 Å².